The van der Waals surface area contributed by atoms with E-state index in [-0.39, 0.29) is 36.5 Å². The first kappa shape index (κ1) is 22.0. The van der Waals surface area contributed by atoms with Crippen LogP contribution in [0.5, 0.6) is 5.75 Å². The van der Waals surface area contributed by atoms with Gasteiger partial charge >= 0.3 is 0 Å². The van der Waals surface area contributed by atoms with Crippen molar-refractivity contribution in [3.63, 3.8) is 0 Å². The molecule has 1 heterocycles. The molecular weight excluding hydrogens is 389 g/mol. The molecule has 0 radical (unpaired) electrons. The van der Waals surface area contributed by atoms with E-state index >= 15 is 0 Å². The molecule has 0 saturated carbocycles. The zero-order valence-electron chi connectivity index (χ0n) is 14.4. The third-order valence-corrected chi connectivity index (χ3v) is 3.76. The first-order valence-electron chi connectivity index (χ1n) is 7.44. The summed E-state index contributed by atoms with van der Waals surface area (Å²) in [5.41, 5.74) is 14.3. The van der Waals surface area contributed by atoms with Gasteiger partial charge in [-0.15, -0.1) is 24.8 Å². The number of hydrogen-bond acceptors (Lipinski definition) is 5. The SMILES string of the molecule is COc1cc(C(=N)N)ccc1-c1cc(-c2cccc(C(=N)N)c2)no1.Cl.Cl. The Morgan fingerprint density at radius 1 is 0.963 bits per heavy atom. The summed E-state index contributed by atoms with van der Waals surface area (Å²) in [6.45, 7) is 0. The number of nitrogens with two attached hydrogens (primary N) is 2. The number of halogens is 2. The average Bonchev–Trinajstić information content (AvgIpc) is 3.11. The zero-order valence-corrected chi connectivity index (χ0v) is 16.0. The van der Waals surface area contributed by atoms with E-state index in [1.807, 2.05) is 12.1 Å². The molecule has 0 bridgehead atoms. The Balaban J connectivity index is 0.00000182. The molecule has 6 N–H and O–H groups in total. The Kier molecular flexibility index (Phi) is 7.39. The molecule has 0 atom stereocenters. The summed E-state index contributed by atoms with van der Waals surface area (Å²) in [6, 6.07) is 14.2. The van der Waals surface area contributed by atoms with Gasteiger partial charge in [-0.3, -0.25) is 10.8 Å². The number of amidine groups is 2. The van der Waals surface area contributed by atoms with Crippen molar-refractivity contribution in [2.24, 2.45) is 11.5 Å². The molecule has 2 aromatic carbocycles. The van der Waals surface area contributed by atoms with Crippen molar-refractivity contribution in [2.75, 3.05) is 7.11 Å². The summed E-state index contributed by atoms with van der Waals surface area (Å²) >= 11 is 0. The Morgan fingerprint density at radius 3 is 2.26 bits per heavy atom. The van der Waals surface area contributed by atoms with Gasteiger partial charge in [-0.1, -0.05) is 29.4 Å². The topological polar surface area (TPSA) is 135 Å². The average molecular weight is 408 g/mol. The number of ether oxygens (including phenoxy) is 1. The highest BCUT2D eigenvalue weighted by molar-refractivity contribution is 5.97. The lowest BCUT2D eigenvalue weighted by Crippen LogP contribution is -2.11. The Bertz CT molecular complexity index is 972. The minimum absolute atomic E-state index is 0. The smallest absolute Gasteiger partial charge is 0.171 e. The van der Waals surface area contributed by atoms with Gasteiger partial charge in [0.1, 0.15) is 23.1 Å². The quantitative estimate of drug-likeness (QED) is 0.379. The minimum Gasteiger partial charge on any atom is -0.496 e. The van der Waals surface area contributed by atoms with Gasteiger partial charge in [0, 0.05) is 22.8 Å². The lowest BCUT2D eigenvalue weighted by atomic mass is 10.0. The minimum atomic E-state index is -0.0378. The van der Waals surface area contributed by atoms with Crippen LogP contribution in [0.4, 0.5) is 0 Å². The molecule has 27 heavy (non-hydrogen) atoms. The van der Waals surface area contributed by atoms with Crippen LogP contribution in [0.2, 0.25) is 0 Å². The summed E-state index contributed by atoms with van der Waals surface area (Å²) in [6.07, 6.45) is 0. The van der Waals surface area contributed by atoms with Crippen LogP contribution in [-0.2, 0) is 0 Å². The molecule has 0 spiro atoms. The van der Waals surface area contributed by atoms with E-state index in [0.717, 1.165) is 5.56 Å². The van der Waals surface area contributed by atoms with Gasteiger partial charge in [-0.2, -0.15) is 0 Å². The van der Waals surface area contributed by atoms with Crippen LogP contribution in [0.15, 0.2) is 53.1 Å². The number of rotatable bonds is 5. The third-order valence-electron chi connectivity index (χ3n) is 3.76. The Morgan fingerprint density at radius 2 is 1.63 bits per heavy atom. The number of benzene rings is 2. The van der Waals surface area contributed by atoms with Crippen LogP contribution in [0.1, 0.15) is 11.1 Å². The number of nitrogen functional groups attached to an aromatic ring is 2. The molecule has 1 aromatic heterocycles. The van der Waals surface area contributed by atoms with Gasteiger partial charge in [0.2, 0.25) is 0 Å². The first-order valence-corrected chi connectivity index (χ1v) is 7.44. The van der Waals surface area contributed by atoms with Crippen LogP contribution < -0.4 is 16.2 Å². The van der Waals surface area contributed by atoms with E-state index in [9.17, 15) is 0 Å². The van der Waals surface area contributed by atoms with Crippen LogP contribution in [0.3, 0.4) is 0 Å². The van der Waals surface area contributed by atoms with Gasteiger partial charge in [0.05, 0.1) is 12.7 Å². The molecule has 3 aromatic rings. The van der Waals surface area contributed by atoms with Crippen LogP contribution in [-0.4, -0.2) is 23.9 Å². The predicted octanol–water partition coefficient (Wildman–Crippen LogP) is 3.43. The fraction of sp³-hybridized carbons (Fsp3) is 0.0556. The number of nitrogens with zero attached hydrogens (tertiary/aromatic N) is 1. The first-order chi connectivity index (χ1) is 12.0. The molecule has 0 aliphatic heterocycles. The summed E-state index contributed by atoms with van der Waals surface area (Å²) < 4.78 is 10.8. The van der Waals surface area contributed by atoms with Gasteiger partial charge in [0.15, 0.2) is 5.76 Å². The Hall–Kier alpha value is -3.03. The highest BCUT2D eigenvalue weighted by Crippen LogP contribution is 2.33. The zero-order chi connectivity index (χ0) is 18.0. The van der Waals surface area contributed by atoms with E-state index in [1.54, 1.807) is 36.4 Å². The van der Waals surface area contributed by atoms with Crippen LogP contribution in [0, 0.1) is 10.8 Å². The number of nitrogens with one attached hydrogen (secondary N) is 2. The second-order valence-corrected chi connectivity index (χ2v) is 5.40. The molecule has 3 rings (SSSR count). The van der Waals surface area contributed by atoms with Crippen molar-refractivity contribution in [1.82, 2.24) is 5.16 Å². The van der Waals surface area contributed by atoms with Gasteiger partial charge < -0.3 is 20.7 Å². The van der Waals surface area contributed by atoms with Crippen molar-refractivity contribution in [1.29, 1.82) is 10.8 Å². The normalized spacial score (nSPS) is 9.67. The molecule has 0 amide bonds. The molecule has 7 nitrogen and oxygen atoms in total. The van der Waals surface area contributed by atoms with Crippen LogP contribution >= 0.6 is 24.8 Å². The monoisotopic (exact) mass is 407 g/mol. The van der Waals surface area contributed by atoms with Crippen molar-refractivity contribution in [3.05, 3.63) is 59.7 Å². The molecule has 0 saturated heterocycles. The van der Waals surface area contributed by atoms with Crippen LogP contribution in [0.25, 0.3) is 22.6 Å². The summed E-state index contributed by atoms with van der Waals surface area (Å²) in [5, 5.41) is 19.1. The van der Waals surface area contributed by atoms with Crippen molar-refractivity contribution >= 4 is 36.5 Å². The van der Waals surface area contributed by atoms with E-state index in [2.05, 4.69) is 5.16 Å². The number of aromatic nitrogens is 1. The number of methoxy groups -OCH3 is 1. The fourth-order valence-corrected chi connectivity index (χ4v) is 2.45. The lowest BCUT2D eigenvalue weighted by molar-refractivity contribution is 0.406. The molecule has 0 aliphatic carbocycles. The maximum atomic E-state index is 7.53. The van der Waals surface area contributed by atoms with Crippen molar-refractivity contribution in [2.45, 2.75) is 0 Å². The maximum absolute atomic E-state index is 7.53. The summed E-state index contributed by atoms with van der Waals surface area (Å²) in [7, 11) is 1.54. The fourth-order valence-electron chi connectivity index (χ4n) is 2.45. The predicted molar refractivity (Wildman–Crippen MR) is 110 cm³/mol. The summed E-state index contributed by atoms with van der Waals surface area (Å²) in [4.78, 5) is 0. The van der Waals surface area contributed by atoms with Gasteiger partial charge in [-0.05, 0) is 18.2 Å². The molecule has 0 unspecified atom stereocenters. The second kappa shape index (κ2) is 9.07. The van der Waals surface area contributed by atoms with Crippen molar-refractivity contribution < 1.29 is 9.26 Å². The molecule has 142 valence electrons. The van der Waals surface area contributed by atoms with E-state index in [1.165, 1.54) is 7.11 Å². The third kappa shape index (κ3) is 4.58. The molecule has 9 heteroatoms. The molecule has 0 aliphatic rings. The van der Waals surface area contributed by atoms with Gasteiger partial charge in [-0.25, -0.2) is 0 Å². The van der Waals surface area contributed by atoms with E-state index < -0.39 is 0 Å². The lowest BCUT2D eigenvalue weighted by Gasteiger charge is -2.07. The van der Waals surface area contributed by atoms with Gasteiger partial charge in [0.25, 0.3) is 0 Å². The highest BCUT2D eigenvalue weighted by Gasteiger charge is 2.14. The van der Waals surface area contributed by atoms with Crippen molar-refractivity contribution in [3.8, 4) is 28.3 Å². The number of hydrogen-bond donors (Lipinski definition) is 4. The second-order valence-electron chi connectivity index (χ2n) is 5.40. The van der Waals surface area contributed by atoms with E-state index in [0.29, 0.717) is 33.9 Å². The largest absolute Gasteiger partial charge is 0.496 e. The standard InChI is InChI=1S/C18H17N5O2.2ClH/c1-24-15-8-12(18(21)22)5-6-13(15)16-9-14(23-25-16)10-3-2-4-11(7-10)17(19)20;;/h2-9H,1H3,(H3,19,20)(H3,21,22);2*1H. The Labute approximate surface area is 168 Å². The molecular formula is C18H19Cl2N5O2. The maximum Gasteiger partial charge on any atom is 0.171 e. The van der Waals surface area contributed by atoms with E-state index in [4.69, 9.17) is 31.5 Å². The highest BCUT2D eigenvalue weighted by atomic mass is 35.5. The molecule has 0 fully saturated rings. The summed E-state index contributed by atoms with van der Waals surface area (Å²) in [5.74, 6) is 1.01.